The van der Waals surface area contributed by atoms with Crippen LogP contribution in [0.1, 0.15) is 13.3 Å². The number of aliphatic hydroxyl groups is 6. The van der Waals surface area contributed by atoms with Crippen LogP contribution in [0, 0.1) is 0 Å². The largest absolute Gasteiger partial charge is 0.462 e. The van der Waals surface area contributed by atoms with E-state index in [0.29, 0.717) is 5.69 Å². The molecule has 2 heterocycles. The first-order chi connectivity index (χ1) is 15.2. The van der Waals surface area contributed by atoms with Crippen LogP contribution in [0.5, 0.6) is 5.75 Å². The van der Waals surface area contributed by atoms with Crippen molar-refractivity contribution in [3.63, 3.8) is 0 Å². The number of nitrogens with one attached hydrogen (secondary N) is 1. The van der Waals surface area contributed by atoms with Gasteiger partial charge in [0.25, 0.3) is 0 Å². The SMILES string of the molecule is CC(=O)Nc1ccc(O[C@H]2OC(CO)[C@@H](O[C@@H]3C[C@@H](O)[C@H](O)C(CO)O3)[C@H](O)[C@@H]2O)cc1. The van der Waals surface area contributed by atoms with Crippen LogP contribution in [0.4, 0.5) is 5.69 Å². The number of aliphatic hydroxyl groups excluding tert-OH is 6. The summed E-state index contributed by atoms with van der Waals surface area (Å²) < 4.78 is 22.2. The van der Waals surface area contributed by atoms with Crippen molar-refractivity contribution in [1.29, 1.82) is 0 Å². The predicted molar refractivity (Wildman–Crippen MR) is 106 cm³/mol. The van der Waals surface area contributed by atoms with E-state index in [2.05, 4.69) is 5.32 Å². The van der Waals surface area contributed by atoms with E-state index in [4.69, 9.17) is 18.9 Å². The fourth-order valence-electron chi connectivity index (χ4n) is 3.60. The van der Waals surface area contributed by atoms with Gasteiger partial charge < -0.3 is 54.9 Å². The Hall–Kier alpha value is -1.87. The maximum absolute atomic E-state index is 11.1. The summed E-state index contributed by atoms with van der Waals surface area (Å²) in [5, 5.41) is 62.4. The molecule has 2 aliphatic rings. The standard InChI is InChI=1S/C20H29NO11/c1-9(24)21-10-2-4-11(5-3-10)29-20-18(28)17(27)19(14(8-23)31-20)32-15-6-12(25)16(26)13(7-22)30-15/h2-5,12-20,22-23,25-28H,6-8H2,1H3,(H,21,24)/t12-,13?,14?,15-,16+,17-,18+,19-,20+/m1/s1. The maximum atomic E-state index is 11.1. The second-order valence-electron chi connectivity index (χ2n) is 7.71. The van der Waals surface area contributed by atoms with Gasteiger partial charge in [0.1, 0.15) is 42.4 Å². The smallest absolute Gasteiger partial charge is 0.229 e. The van der Waals surface area contributed by atoms with Gasteiger partial charge in [-0.15, -0.1) is 0 Å². The highest BCUT2D eigenvalue weighted by Gasteiger charge is 2.48. The van der Waals surface area contributed by atoms with Crippen molar-refractivity contribution in [1.82, 2.24) is 0 Å². The van der Waals surface area contributed by atoms with E-state index in [1.165, 1.54) is 19.1 Å². The van der Waals surface area contributed by atoms with Crippen molar-refractivity contribution in [2.75, 3.05) is 18.5 Å². The molecule has 180 valence electrons. The molecule has 7 N–H and O–H groups in total. The second-order valence-corrected chi connectivity index (χ2v) is 7.71. The van der Waals surface area contributed by atoms with Crippen molar-refractivity contribution in [2.24, 2.45) is 0 Å². The van der Waals surface area contributed by atoms with Gasteiger partial charge in [-0.25, -0.2) is 0 Å². The maximum Gasteiger partial charge on any atom is 0.229 e. The zero-order valence-corrected chi connectivity index (χ0v) is 17.4. The summed E-state index contributed by atoms with van der Waals surface area (Å²) in [5.41, 5.74) is 0.540. The summed E-state index contributed by atoms with van der Waals surface area (Å²) in [5.74, 6) is 0.0452. The van der Waals surface area contributed by atoms with Crippen molar-refractivity contribution in [2.45, 2.75) is 68.7 Å². The summed E-state index contributed by atoms with van der Waals surface area (Å²) in [6.07, 6.45) is -11.7. The van der Waals surface area contributed by atoms with E-state index >= 15 is 0 Å². The Bertz CT molecular complexity index is 746. The third-order valence-corrected chi connectivity index (χ3v) is 5.27. The zero-order chi connectivity index (χ0) is 23.4. The van der Waals surface area contributed by atoms with Gasteiger partial charge >= 0.3 is 0 Å². The first kappa shape index (κ1) is 24.8. The number of hydrogen-bond acceptors (Lipinski definition) is 11. The summed E-state index contributed by atoms with van der Waals surface area (Å²) in [6.45, 7) is 0.221. The molecule has 12 heteroatoms. The van der Waals surface area contributed by atoms with E-state index in [-0.39, 0.29) is 18.1 Å². The van der Waals surface area contributed by atoms with Crippen LogP contribution < -0.4 is 10.1 Å². The van der Waals surface area contributed by atoms with Crippen molar-refractivity contribution >= 4 is 11.6 Å². The molecule has 3 rings (SSSR count). The van der Waals surface area contributed by atoms with Crippen molar-refractivity contribution < 1.29 is 54.4 Å². The second kappa shape index (κ2) is 10.8. The molecule has 1 aromatic rings. The molecule has 32 heavy (non-hydrogen) atoms. The van der Waals surface area contributed by atoms with Gasteiger partial charge in [0.2, 0.25) is 12.2 Å². The monoisotopic (exact) mass is 459 g/mol. The Balaban J connectivity index is 1.64. The fourth-order valence-corrected chi connectivity index (χ4v) is 3.60. The summed E-state index contributed by atoms with van der Waals surface area (Å²) in [4.78, 5) is 11.1. The van der Waals surface area contributed by atoms with E-state index in [9.17, 15) is 35.4 Å². The Morgan fingerprint density at radius 2 is 1.66 bits per heavy atom. The Morgan fingerprint density at radius 3 is 2.25 bits per heavy atom. The minimum absolute atomic E-state index is 0.157. The third-order valence-electron chi connectivity index (χ3n) is 5.27. The molecular weight excluding hydrogens is 430 g/mol. The highest BCUT2D eigenvalue weighted by atomic mass is 16.7. The number of hydrogen-bond donors (Lipinski definition) is 7. The lowest BCUT2D eigenvalue weighted by atomic mass is 9.98. The van der Waals surface area contributed by atoms with Crippen LogP contribution in [0.2, 0.25) is 0 Å². The van der Waals surface area contributed by atoms with Gasteiger partial charge in [-0.2, -0.15) is 0 Å². The lowest BCUT2D eigenvalue weighted by Gasteiger charge is -2.44. The van der Waals surface area contributed by atoms with Crippen LogP contribution >= 0.6 is 0 Å². The van der Waals surface area contributed by atoms with Gasteiger partial charge in [0, 0.05) is 19.0 Å². The van der Waals surface area contributed by atoms with Crippen LogP contribution in [-0.2, 0) is 19.0 Å². The van der Waals surface area contributed by atoms with E-state index in [1.54, 1.807) is 12.1 Å². The highest BCUT2D eigenvalue weighted by molar-refractivity contribution is 5.88. The minimum Gasteiger partial charge on any atom is -0.462 e. The molecule has 2 saturated heterocycles. The normalized spacial score (nSPS) is 37.7. The lowest BCUT2D eigenvalue weighted by Crippen LogP contribution is -2.62. The van der Waals surface area contributed by atoms with Crippen LogP contribution in [0.15, 0.2) is 24.3 Å². The summed E-state index contributed by atoms with van der Waals surface area (Å²) in [7, 11) is 0. The number of anilines is 1. The van der Waals surface area contributed by atoms with Gasteiger partial charge in [0.05, 0.1) is 19.3 Å². The first-order valence-electron chi connectivity index (χ1n) is 10.2. The van der Waals surface area contributed by atoms with Crippen LogP contribution in [0.25, 0.3) is 0 Å². The topological polar surface area (TPSA) is 187 Å². The molecule has 0 spiro atoms. The fraction of sp³-hybridized carbons (Fsp3) is 0.650. The minimum atomic E-state index is -1.56. The average molecular weight is 459 g/mol. The third kappa shape index (κ3) is 5.73. The molecule has 0 aliphatic carbocycles. The number of benzene rings is 1. The molecule has 12 nitrogen and oxygen atoms in total. The Morgan fingerprint density at radius 1 is 1.00 bits per heavy atom. The number of carbonyl (C=O) groups is 1. The van der Waals surface area contributed by atoms with Crippen molar-refractivity contribution in [3.8, 4) is 5.75 Å². The Labute approximate surface area is 183 Å². The molecule has 2 aliphatic heterocycles. The van der Waals surface area contributed by atoms with Crippen molar-refractivity contribution in [3.05, 3.63) is 24.3 Å². The van der Waals surface area contributed by atoms with Gasteiger partial charge in [-0.3, -0.25) is 4.79 Å². The molecule has 0 bridgehead atoms. The number of amides is 1. The van der Waals surface area contributed by atoms with E-state index in [0.717, 1.165) is 0 Å². The quantitative estimate of drug-likeness (QED) is 0.232. The van der Waals surface area contributed by atoms with Gasteiger partial charge in [-0.05, 0) is 24.3 Å². The highest BCUT2D eigenvalue weighted by Crippen LogP contribution is 2.30. The average Bonchev–Trinajstić information content (AvgIpc) is 2.76. The summed E-state index contributed by atoms with van der Waals surface area (Å²) >= 11 is 0. The molecule has 0 radical (unpaired) electrons. The van der Waals surface area contributed by atoms with Crippen LogP contribution in [0.3, 0.4) is 0 Å². The van der Waals surface area contributed by atoms with Gasteiger partial charge in [-0.1, -0.05) is 0 Å². The first-order valence-corrected chi connectivity index (χ1v) is 10.2. The molecule has 2 unspecified atom stereocenters. The summed E-state index contributed by atoms with van der Waals surface area (Å²) in [6, 6.07) is 6.22. The number of rotatable bonds is 7. The molecule has 9 atom stereocenters. The zero-order valence-electron chi connectivity index (χ0n) is 17.4. The molecule has 1 amide bonds. The van der Waals surface area contributed by atoms with E-state index < -0.39 is 68.5 Å². The molecule has 1 aromatic carbocycles. The predicted octanol–water partition coefficient (Wildman–Crippen LogP) is -2.32. The molecule has 0 aromatic heterocycles. The molecular formula is C20H29NO11. The number of carbonyl (C=O) groups excluding carboxylic acids is 1. The van der Waals surface area contributed by atoms with Crippen LogP contribution in [-0.4, -0.2) is 105 Å². The molecule has 0 saturated carbocycles. The molecule has 2 fully saturated rings. The van der Waals surface area contributed by atoms with E-state index in [1.807, 2.05) is 0 Å². The van der Waals surface area contributed by atoms with Gasteiger partial charge in [0.15, 0.2) is 6.29 Å². The Kier molecular flexibility index (Phi) is 8.38. The number of ether oxygens (including phenoxy) is 4. The lowest BCUT2D eigenvalue weighted by molar-refractivity contribution is -0.332.